The number of carbonyl (C=O) groups is 2. The van der Waals surface area contributed by atoms with Crippen LogP contribution in [0.4, 0.5) is 5.00 Å². The topological polar surface area (TPSA) is 67.4 Å². The zero-order valence-electron chi connectivity index (χ0n) is 15.3. The van der Waals surface area contributed by atoms with E-state index in [0.29, 0.717) is 29.3 Å². The molecule has 2 aromatic rings. The van der Waals surface area contributed by atoms with Crippen molar-refractivity contribution >= 4 is 50.7 Å². The van der Waals surface area contributed by atoms with Crippen LogP contribution in [0, 0.1) is 3.57 Å². The van der Waals surface area contributed by atoms with Crippen molar-refractivity contribution in [2.24, 2.45) is 0 Å². The third-order valence-corrected chi connectivity index (χ3v) is 6.40. The number of ether oxygens (including phenoxy) is 1. The normalized spacial score (nSPS) is 13.1. The van der Waals surface area contributed by atoms with Crippen LogP contribution in [0.25, 0.3) is 0 Å². The van der Waals surface area contributed by atoms with Gasteiger partial charge in [0.15, 0.2) is 0 Å². The summed E-state index contributed by atoms with van der Waals surface area (Å²) in [6.45, 7) is 1.17. The van der Waals surface area contributed by atoms with Gasteiger partial charge in [0.1, 0.15) is 5.00 Å². The van der Waals surface area contributed by atoms with E-state index in [0.717, 1.165) is 41.2 Å². The van der Waals surface area contributed by atoms with Gasteiger partial charge in [-0.05, 0) is 78.5 Å². The highest BCUT2D eigenvalue weighted by Gasteiger charge is 2.26. The maximum atomic E-state index is 12.8. The predicted molar refractivity (Wildman–Crippen MR) is 117 cm³/mol. The van der Waals surface area contributed by atoms with E-state index in [-0.39, 0.29) is 11.8 Å². The van der Waals surface area contributed by atoms with E-state index in [1.807, 2.05) is 18.2 Å². The Labute approximate surface area is 177 Å². The standard InChI is InChI=1S/C20H23IN2O3S/c1-26-11-5-10-22-19(25)17-15-8-2-3-9-16(15)27-20(17)23-18(24)13-6-4-7-14(21)12-13/h4,6-7,12H,2-3,5,8-11H2,1H3,(H,22,25)(H,23,24). The zero-order valence-corrected chi connectivity index (χ0v) is 18.2. The molecule has 0 unspecified atom stereocenters. The monoisotopic (exact) mass is 498 g/mol. The highest BCUT2D eigenvalue weighted by atomic mass is 127. The number of aryl methyl sites for hydroxylation is 1. The molecule has 0 saturated carbocycles. The van der Waals surface area contributed by atoms with E-state index >= 15 is 0 Å². The summed E-state index contributed by atoms with van der Waals surface area (Å²) >= 11 is 3.73. The van der Waals surface area contributed by atoms with Crippen molar-refractivity contribution < 1.29 is 14.3 Å². The van der Waals surface area contributed by atoms with Gasteiger partial charge in [-0.2, -0.15) is 0 Å². The fourth-order valence-electron chi connectivity index (χ4n) is 3.21. The molecule has 0 atom stereocenters. The summed E-state index contributed by atoms with van der Waals surface area (Å²) in [7, 11) is 1.65. The molecule has 1 aromatic carbocycles. The molecule has 0 bridgehead atoms. The quantitative estimate of drug-likeness (QED) is 0.443. The van der Waals surface area contributed by atoms with Crippen LogP contribution in [0.2, 0.25) is 0 Å². The number of hydrogen-bond acceptors (Lipinski definition) is 4. The van der Waals surface area contributed by atoms with Crippen LogP contribution in [0.5, 0.6) is 0 Å². The molecule has 2 N–H and O–H groups in total. The van der Waals surface area contributed by atoms with Crippen LogP contribution in [0.3, 0.4) is 0 Å². The smallest absolute Gasteiger partial charge is 0.256 e. The van der Waals surface area contributed by atoms with Gasteiger partial charge < -0.3 is 15.4 Å². The van der Waals surface area contributed by atoms with E-state index in [1.54, 1.807) is 24.5 Å². The van der Waals surface area contributed by atoms with Crippen LogP contribution in [-0.4, -0.2) is 32.1 Å². The third-order valence-electron chi connectivity index (χ3n) is 4.52. The lowest BCUT2D eigenvalue weighted by atomic mass is 9.95. The summed E-state index contributed by atoms with van der Waals surface area (Å²) < 4.78 is 6.03. The SMILES string of the molecule is COCCCNC(=O)c1c(NC(=O)c2cccc(I)c2)sc2c1CCCC2. The summed E-state index contributed by atoms with van der Waals surface area (Å²) in [5, 5.41) is 6.61. The van der Waals surface area contributed by atoms with Gasteiger partial charge in [0.25, 0.3) is 11.8 Å². The first kappa shape index (κ1) is 20.3. The van der Waals surface area contributed by atoms with Crippen LogP contribution in [0.1, 0.15) is 50.4 Å². The largest absolute Gasteiger partial charge is 0.385 e. The van der Waals surface area contributed by atoms with Crippen molar-refractivity contribution in [2.45, 2.75) is 32.1 Å². The van der Waals surface area contributed by atoms with Gasteiger partial charge in [0.2, 0.25) is 0 Å². The fourth-order valence-corrected chi connectivity index (χ4v) is 5.03. The van der Waals surface area contributed by atoms with Gasteiger partial charge in [0.05, 0.1) is 5.56 Å². The minimum absolute atomic E-state index is 0.108. The summed E-state index contributed by atoms with van der Waals surface area (Å²) in [5.41, 5.74) is 2.35. The van der Waals surface area contributed by atoms with E-state index in [4.69, 9.17) is 4.74 Å². The number of amides is 2. The van der Waals surface area contributed by atoms with E-state index in [2.05, 4.69) is 33.2 Å². The Kier molecular flexibility index (Phi) is 7.26. The molecule has 2 amide bonds. The molecule has 1 aromatic heterocycles. The highest BCUT2D eigenvalue weighted by Crippen LogP contribution is 2.38. The first-order valence-electron chi connectivity index (χ1n) is 9.08. The van der Waals surface area contributed by atoms with E-state index in [9.17, 15) is 9.59 Å². The summed E-state index contributed by atoms with van der Waals surface area (Å²) in [5.74, 6) is -0.288. The number of anilines is 1. The molecule has 1 aliphatic rings. The molecule has 144 valence electrons. The Bertz CT molecular complexity index is 835. The van der Waals surface area contributed by atoms with Gasteiger partial charge in [-0.25, -0.2) is 0 Å². The Morgan fingerprint density at radius 3 is 2.81 bits per heavy atom. The fraction of sp³-hybridized carbons (Fsp3) is 0.400. The Morgan fingerprint density at radius 1 is 1.22 bits per heavy atom. The van der Waals surface area contributed by atoms with Gasteiger partial charge >= 0.3 is 0 Å². The molecule has 1 heterocycles. The summed E-state index contributed by atoms with van der Waals surface area (Å²) in [6.07, 6.45) is 4.85. The van der Waals surface area contributed by atoms with Gasteiger partial charge in [-0.1, -0.05) is 6.07 Å². The number of fused-ring (bicyclic) bond motifs is 1. The number of carbonyl (C=O) groups excluding carboxylic acids is 2. The third kappa shape index (κ3) is 5.08. The van der Waals surface area contributed by atoms with Crippen molar-refractivity contribution in [3.63, 3.8) is 0 Å². The van der Waals surface area contributed by atoms with E-state index < -0.39 is 0 Å². The number of thiophene rings is 1. The minimum atomic E-state index is -0.180. The molecule has 0 fully saturated rings. The lowest BCUT2D eigenvalue weighted by molar-refractivity contribution is 0.0948. The molecule has 5 nitrogen and oxygen atoms in total. The second-order valence-corrected chi connectivity index (χ2v) is 8.83. The molecule has 27 heavy (non-hydrogen) atoms. The molecule has 1 aliphatic carbocycles. The van der Waals surface area contributed by atoms with Crippen molar-refractivity contribution in [2.75, 3.05) is 25.6 Å². The van der Waals surface area contributed by atoms with Crippen LogP contribution in [-0.2, 0) is 17.6 Å². The summed E-state index contributed by atoms with van der Waals surface area (Å²) in [6, 6.07) is 7.43. The highest BCUT2D eigenvalue weighted by molar-refractivity contribution is 14.1. The average Bonchev–Trinajstić information content (AvgIpc) is 3.03. The molecular formula is C20H23IN2O3S. The molecule has 0 aliphatic heterocycles. The Morgan fingerprint density at radius 2 is 2.04 bits per heavy atom. The number of benzene rings is 1. The molecule has 7 heteroatoms. The maximum absolute atomic E-state index is 12.8. The Balaban J connectivity index is 1.82. The van der Waals surface area contributed by atoms with Crippen LogP contribution in [0.15, 0.2) is 24.3 Å². The first-order chi connectivity index (χ1) is 13.1. The minimum Gasteiger partial charge on any atom is -0.385 e. The first-order valence-corrected chi connectivity index (χ1v) is 11.0. The lowest BCUT2D eigenvalue weighted by Crippen LogP contribution is -2.27. The van der Waals surface area contributed by atoms with Crippen molar-refractivity contribution in [3.8, 4) is 0 Å². The van der Waals surface area contributed by atoms with E-state index in [1.165, 1.54) is 4.88 Å². The molecule has 0 radical (unpaired) electrons. The Hall–Kier alpha value is -1.45. The molecule has 3 rings (SSSR count). The maximum Gasteiger partial charge on any atom is 0.256 e. The molecular weight excluding hydrogens is 475 g/mol. The van der Waals surface area contributed by atoms with Gasteiger partial charge in [-0.3, -0.25) is 9.59 Å². The number of halogens is 1. The number of methoxy groups -OCH3 is 1. The number of hydrogen-bond donors (Lipinski definition) is 2. The second-order valence-electron chi connectivity index (χ2n) is 6.48. The number of nitrogens with one attached hydrogen (secondary N) is 2. The van der Waals surface area contributed by atoms with Crippen LogP contribution < -0.4 is 10.6 Å². The predicted octanol–water partition coefficient (Wildman–Crippen LogP) is 4.25. The van der Waals surface area contributed by atoms with Crippen molar-refractivity contribution in [3.05, 3.63) is 49.4 Å². The van der Waals surface area contributed by atoms with Crippen molar-refractivity contribution in [1.82, 2.24) is 5.32 Å². The zero-order chi connectivity index (χ0) is 19.2. The van der Waals surface area contributed by atoms with Crippen LogP contribution >= 0.6 is 33.9 Å². The molecule has 0 saturated heterocycles. The summed E-state index contributed by atoms with van der Waals surface area (Å²) in [4.78, 5) is 26.8. The van der Waals surface area contributed by atoms with Gasteiger partial charge in [0, 0.05) is 34.3 Å². The average molecular weight is 498 g/mol. The van der Waals surface area contributed by atoms with Gasteiger partial charge in [-0.15, -0.1) is 11.3 Å². The second kappa shape index (κ2) is 9.66. The molecule has 0 spiro atoms. The van der Waals surface area contributed by atoms with Crippen molar-refractivity contribution in [1.29, 1.82) is 0 Å². The number of rotatable bonds is 7. The lowest BCUT2D eigenvalue weighted by Gasteiger charge is -2.13.